The van der Waals surface area contributed by atoms with Crippen LogP contribution in [-0.4, -0.2) is 18.9 Å². The largest absolute Gasteiger partial charge is 0.491 e. The molecule has 1 aliphatic carbocycles. The number of halogens is 3. The van der Waals surface area contributed by atoms with Crippen molar-refractivity contribution in [2.45, 2.75) is 44.4 Å². The van der Waals surface area contributed by atoms with Crippen LogP contribution in [0.5, 0.6) is 11.5 Å². The molecule has 1 aromatic carbocycles. The van der Waals surface area contributed by atoms with Crippen molar-refractivity contribution < 1.29 is 22.6 Å². The molecular weight excluding hydrogens is 283 g/mol. The third kappa shape index (κ3) is 3.04. The highest BCUT2D eigenvalue weighted by Gasteiger charge is 2.41. The number of rotatable bonds is 2. The van der Waals surface area contributed by atoms with Gasteiger partial charge >= 0.3 is 6.18 Å². The summed E-state index contributed by atoms with van der Waals surface area (Å²) in [7, 11) is 0. The predicted octanol–water partition coefficient (Wildman–Crippen LogP) is 3.70. The first-order valence-corrected chi connectivity index (χ1v) is 7.22. The van der Waals surface area contributed by atoms with Gasteiger partial charge in [0.2, 0.25) is 0 Å². The Bertz CT molecular complexity index is 522. The molecule has 2 N–H and O–H groups in total. The maximum atomic E-state index is 12.6. The molecule has 2 aliphatic rings. The van der Waals surface area contributed by atoms with Crippen molar-refractivity contribution in [1.29, 1.82) is 0 Å². The van der Waals surface area contributed by atoms with E-state index < -0.39 is 12.1 Å². The smallest absolute Gasteiger partial charge is 0.391 e. The van der Waals surface area contributed by atoms with Crippen LogP contribution < -0.4 is 15.2 Å². The first kappa shape index (κ1) is 14.4. The fourth-order valence-corrected chi connectivity index (χ4v) is 3.08. The van der Waals surface area contributed by atoms with Gasteiger partial charge in [-0.3, -0.25) is 0 Å². The minimum atomic E-state index is -4.08. The SMILES string of the molecule is Nc1cc(O[C@H]2CC[C@@H](C(F)(F)F)CC2)cc2c1OCC2. The molecule has 116 valence electrons. The summed E-state index contributed by atoms with van der Waals surface area (Å²) in [5.74, 6) is 0.158. The van der Waals surface area contributed by atoms with Crippen molar-refractivity contribution in [2.75, 3.05) is 12.3 Å². The summed E-state index contributed by atoms with van der Waals surface area (Å²) >= 11 is 0. The van der Waals surface area contributed by atoms with Gasteiger partial charge in [-0.15, -0.1) is 0 Å². The summed E-state index contributed by atoms with van der Waals surface area (Å²) in [4.78, 5) is 0. The van der Waals surface area contributed by atoms with Crippen LogP contribution in [0.25, 0.3) is 0 Å². The van der Waals surface area contributed by atoms with Gasteiger partial charge in [0.05, 0.1) is 24.3 Å². The quantitative estimate of drug-likeness (QED) is 0.847. The van der Waals surface area contributed by atoms with E-state index in [2.05, 4.69) is 0 Å². The standard InChI is InChI=1S/C15H18F3NO2/c16-15(17,18)10-1-3-11(4-2-10)21-12-7-9-5-6-20-14(9)13(19)8-12/h7-8,10-11H,1-6,19H2/t10-,11+. The Kier molecular flexibility index (Phi) is 3.63. The summed E-state index contributed by atoms with van der Waals surface area (Å²) in [6.45, 7) is 0.611. The molecule has 0 bridgehead atoms. The predicted molar refractivity (Wildman–Crippen MR) is 72.5 cm³/mol. The zero-order valence-corrected chi connectivity index (χ0v) is 11.6. The van der Waals surface area contributed by atoms with Gasteiger partial charge in [-0.05, 0) is 31.7 Å². The third-order valence-corrected chi connectivity index (χ3v) is 4.23. The van der Waals surface area contributed by atoms with E-state index in [1.165, 1.54) is 0 Å². The Morgan fingerprint density at radius 1 is 1.14 bits per heavy atom. The van der Waals surface area contributed by atoms with E-state index in [9.17, 15) is 13.2 Å². The molecule has 0 unspecified atom stereocenters. The zero-order chi connectivity index (χ0) is 15.0. The molecule has 0 radical (unpaired) electrons. The molecule has 1 aliphatic heterocycles. The maximum Gasteiger partial charge on any atom is 0.391 e. The van der Waals surface area contributed by atoms with Gasteiger partial charge in [0.25, 0.3) is 0 Å². The number of nitrogens with two attached hydrogens (primary N) is 1. The molecule has 0 aromatic heterocycles. The molecule has 3 rings (SSSR count). The van der Waals surface area contributed by atoms with E-state index in [1.807, 2.05) is 6.07 Å². The first-order valence-electron chi connectivity index (χ1n) is 7.22. The molecule has 21 heavy (non-hydrogen) atoms. The van der Waals surface area contributed by atoms with Crippen LogP contribution in [0.1, 0.15) is 31.2 Å². The first-order chi connectivity index (χ1) is 9.93. The van der Waals surface area contributed by atoms with Crippen LogP contribution in [0.15, 0.2) is 12.1 Å². The van der Waals surface area contributed by atoms with Gasteiger partial charge < -0.3 is 15.2 Å². The van der Waals surface area contributed by atoms with Gasteiger partial charge in [-0.25, -0.2) is 0 Å². The highest BCUT2D eigenvalue weighted by Crippen LogP contribution is 2.40. The minimum absolute atomic E-state index is 0.137. The van der Waals surface area contributed by atoms with Gasteiger partial charge in [0, 0.05) is 18.1 Å². The van der Waals surface area contributed by atoms with Crippen LogP contribution in [0, 0.1) is 5.92 Å². The van der Waals surface area contributed by atoms with Crippen LogP contribution in [-0.2, 0) is 6.42 Å². The topological polar surface area (TPSA) is 44.5 Å². The third-order valence-electron chi connectivity index (χ3n) is 4.23. The highest BCUT2D eigenvalue weighted by molar-refractivity contribution is 5.62. The van der Waals surface area contributed by atoms with Crippen molar-refractivity contribution in [1.82, 2.24) is 0 Å². The van der Waals surface area contributed by atoms with Gasteiger partial charge in [0.15, 0.2) is 0 Å². The number of benzene rings is 1. The lowest BCUT2D eigenvalue weighted by Crippen LogP contribution is -2.31. The summed E-state index contributed by atoms with van der Waals surface area (Å²) in [5.41, 5.74) is 7.44. The molecule has 1 heterocycles. The van der Waals surface area contributed by atoms with E-state index in [4.69, 9.17) is 15.2 Å². The number of anilines is 1. The maximum absolute atomic E-state index is 12.6. The van der Waals surface area contributed by atoms with Crippen molar-refractivity contribution in [3.63, 3.8) is 0 Å². The molecule has 1 aromatic rings. The molecular formula is C15H18F3NO2. The Labute approximate surface area is 121 Å². The van der Waals surface area contributed by atoms with Crippen LogP contribution >= 0.6 is 0 Å². The van der Waals surface area contributed by atoms with Gasteiger partial charge in [-0.2, -0.15) is 13.2 Å². The fourth-order valence-electron chi connectivity index (χ4n) is 3.08. The van der Waals surface area contributed by atoms with Crippen molar-refractivity contribution in [2.24, 2.45) is 5.92 Å². The molecule has 1 saturated carbocycles. The molecule has 0 spiro atoms. The minimum Gasteiger partial charge on any atom is -0.491 e. The Morgan fingerprint density at radius 2 is 1.86 bits per heavy atom. The number of hydrogen-bond donors (Lipinski definition) is 1. The number of alkyl halides is 3. The van der Waals surface area contributed by atoms with Crippen molar-refractivity contribution >= 4 is 5.69 Å². The second-order valence-electron chi connectivity index (χ2n) is 5.73. The Hall–Kier alpha value is -1.59. The fraction of sp³-hybridized carbons (Fsp3) is 0.600. The van der Waals surface area contributed by atoms with Crippen LogP contribution in [0.3, 0.4) is 0 Å². The highest BCUT2D eigenvalue weighted by atomic mass is 19.4. The van der Waals surface area contributed by atoms with Crippen molar-refractivity contribution in [3.05, 3.63) is 17.7 Å². The number of hydrogen-bond acceptors (Lipinski definition) is 3. The molecule has 3 nitrogen and oxygen atoms in total. The van der Waals surface area contributed by atoms with Gasteiger partial charge in [-0.1, -0.05) is 0 Å². The van der Waals surface area contributed by atoms with Crippen LogP contribution in [0.2, 0.25) is 0 Å². The van der Waals surface area contributed by atoms with E-state index in [0.717, 1.165) is 12.0 Å². The van der Waals surface area contributed by atoms with Gasteiger partial charge in [0.1, 0.15) is 11.5 Å². The molecule has 0 amide bonds. The van der Waals surface area contributed by atoms with E-state index >= 15 is 0 Å². The number of ether oxygens (including phenoxy) is 2. The lowest BCUT2D eigenvalue weighted by molar-refractivity contribution is -0.185. The molecule has 0 saturated heterocycles. The van der Waals surface area contributed by atoms with Crippen molar-refractivity contribution in [3.8, 4) is 11.5 Å². The number of nitrogen functional groups attached to an aromatic ring is 1. The average molecular weight is 301 g/mol. The summed E-state index contributed by atoms with van der Waals surface area (Å²) in [5, 5.41) is 0. The average Bonchev–Trinajstić information content (AvgIpc) is 2.87. The lowest BCUT2D eigenvalue weighted by Gasteiger charge is -2.30. The van der Waals surface area contributed by atoms with E-state index in [1.54, 1.807) is 6.07 Å². The Balaban J connectivity index is 1.62. The molecule has 6 heteroatoms. The number of fused-ring (bicyclic) bond motifs is 1. The summed E-state index contributed by atoms with van der Waals surface area (Å²) in [6, 6.07) is 3.58. The summed E-state index contributed by atoms with van der Waals surface area (Å²) in [6.07, 6.45) is -2.33. The second kappa shape index (κ2) is 5.31. The summed E-state index contributed by atoms with van der Waals surface area (Å²) < 4.78 is 49.1. The van der Waals surface area contributed by atoms with E-state index in [-0.39, 0.29) is 18.9 Å². The lowest BCUT2D eigenvalue weighted by atomic mass is 9.87. The van der Waals surface area contributed by atoms with E-state index in [0.29, 0.717) is 36.6 Å². The Morgan fingerprint density at radius 3 is 2.52 bits per heavy atom. The molecule has 1 fully saturated rings. The second-order valence-corrected chi connectivity index (χ2v) is 5.73. The normalized spacial score (nSPS) is 25.3. The zero-order valence-electron chi connectivity index (χ0n) is 11.6. The monoisotopic (exact) mass is 301 g/mol. The van der Waals surface area contributed by atoms with Crippen LogP contribution in [0.4, 0.5) is 18.9 Å². The molecule has 0 atom stereocenters.